The van der Waals surface area contributed by atoms with Gasteiger partial charge in [-0.3, -0.25) is 0 Å². The van der Waals surface area contributed by atoms with E-state index in [2.05, 4.69) is 4.98 Å². The van der Waals surface area contributed by atoms with Crippen LogP contribution >= 0.6 is 0 Å². The molecule has 0 radical (unpaired) electrons. The lowest BCUT2D eigenvalue weighted by Crippen LogP contribution is -1.96. The normalized spacial score (nSPS) is 9.23. The first-order valence-electron chi connectivity index (χ1n) is 3.90. The van der Waals surface area contributed by atoms with E-state index in [0.29, 0.717) is 12.1 Å². The molecule has 1 N–H and O–H groups in total. The average Bonchev–Trinajstić information content (AvgIpc) is 2.16. The predicted molar refractivity (Wildman–Crippen MR) is 47.5 cm³/mol. The van der Waals surface area contributed by atoms with E-state index >= 15 is 0 Å². The maximum atomic E-state index is 10.6. The molecule has 0 amide bonds. The molecule has 1 aromatic carbocycles. The summed E-state index contributed by atoms with van der Waals surface area (Å²) in [6.07, 6.45) is 0.639. The fourth-order valence-corrected chi connectivity index (χ4v) is 1.10. The van der Waals surface area contributed by atoms with Crippen LogP contribution in [0.1, 0.15) is 22.8 Å². The summed E-state index contributed by atoms with van der Waals surface area (Å²) in [6.45, 7) is 1.87. The summed E-state index contributed by atoms with van der Waals surface area (Å²) in [5, 5.41) is 17.2. The van der Waals surface area contributed by atoms with Gasteiger partial charge in [0.15, 0.2) is 4.98 Å². The summed E-state index contributed by atoms with van der Waals surface area (Å²) in [5.74, 6) is -0.973. The number of hydrogen-bond acceptors (Lipinski definition) is 2. The van der Waals surface area contributed by atoms with Gasteiger partial charge in [-0.25, -0.2) is 4.79 Å². The van der Waals surface area contributed by atoms with Crippen molar-refractivity contribution in [2.75, 3.05) is 0 Å². The molecule has 0 fully saturated rings. The van der Waals surface area contributed by atoms with Crippen LogP contribution in [-0.4, -0.2) is 11.1 Å². The maximum absolute atomic E-state index is 10.6. The Bertz CT molecular complexity index is 380. The Morgan fingerprint density at radius 3 is 2.77 bits per heavy atom. The Kier molecular flexibility index (Phi) is 2.60. The van der Waals surface area contributed by atoms with Crippen LogP contribution in [0.25, 0.3) is 4.98 Å². The first-order valence-corrected chi connectivity index (χ1v) is 3.90. The summed E-state index contributed by atoms with van der Waals surface area (Å²) in [7, 11) is 0. The van der Waals surface area contributed by atoms with Crippen LogP contribution in [-0.2, 0) is 6.42 Å². The second-order valence-corrected chi connectivity index (χ2v) is 2.60. The lowest BCUT2D eigenvalue weighted by molar-refractivity contribution is 0.0697. The molecule has 0 atom stereocenters. The first-order chi connectivity index (χ1) is 6.19. The minimum atomic E-state index is -0.973. The minimum Gasteiger partial charge on any atom is -0.478 e. The molecule has 13 heavy (non-hydrogen) atoms. The van der Waals surface area contributed by atoms with Gasteiger partial charge in [0.1, 0.15) is 0 Å². The predicted octanol–water partition coefficient (Wildman–Crippen LogP) is 2.43. The molecule has 0 bridgehead atoms. The quantitative estimate of drug-likeness (QED) is 0.705. The molecular formula is C9H9N2O2+. The zero-order chi connectivity index (χ0) is 9.84. The van der Waals surface area contributed by atoms with Gasteiger partial charge in [0.05, 0.1) is 5.56 Å². The van der Waals surface area contributed by atoms with Crippen LogP contribution in [0.3, 0.4) is 0 Å². The zero-order valence-corrected chi connectivity index (χ0v) is 7.19. The number of aromatic carboxylic acids is 1. The van der Waals surface area contributed by atoms with E-state index in [1.165, 1.54) is 18.2 Å². The number of diazo groups is 1. The van der Waals surface area contributed by atoms with E-state index in [1.807, 2.05) is 6.92 Å². The maximum Gasteiger partial charge on any atom is 0.388 e. The van der Waals surface area contributed by atoms with Crippen LogP contribution in [0.4, 0.5) is 5.69 Å². The second-order valence-electron chi connectivity index (χ2n) is 2.60. The van der Waals surface area contributed by atoms with Crippen molar-refractivity contribution in [3.8, 4) is 0 Å². The molecule has 0 aliphatic carbocycles. The highest BCUT2D eigenvalue weighted by Crippen LogP contribution is 2.20. The Labute approximate surface area is 75.4 Å². The first kappa shape index (κ1) is 9.20. The molecular weight excluding hydrogens is 168 g/mol. The molecule has 0 spiro atoms. The van der Waals surface area contributed by atoms with E-state index in [9.17, 15) is 4.79 Å². The third kappa shape index (κ3) is 1.82. The standard InChI is InChI=1S/C9H8N2O2/c1-2-6-5-7(9(12)13)3-4-8(6)11-10/h3-5H,2H2,1H3/p+1. The van der Waals surface area contributed by atoms with Crippen molar-refractivity contribution < 1.29 is 9.90 Å². The van der Waals surface area contributed by atoms with Crippen molar-refractivity contribution >= 4 is 11.7 Å². The molecule has 1 aromatic rings. The van der Waals surface area contributed by atoms with Crippen molar-refractivity contribution in [3.05, 3.63) is 34.3 Å². The van der Waals surface area contributed by atoms with Gasteiger partial charge < -0.3 is 5.11 Å². The molecule has 4 nitrogen and oxygen atoms in total. The van der Waals surface area contributed by atoms with Crippen molar-refractivity contribution in [3.63, 3.8) is 0 Å². The number of hydrogen-bond donors (Lipinski definition) is 1. The Morgan fingerprint density at radius 2 is 2.31 bits per heavy atom. The highest BCUT2D eigenvalue weighted by Gasteiger charge is 2.14. The van der Waals surface area contributed by atoms with Gasteiger partial charge in [0, 0.05) is 11.6 Å². The minimum absolute atomic E-state index is 0.212. The molecule has 0 saturated heterocycles. The van der Waals surface area contributed by atoms with E-state index < -0.39 is 5.97 Å². The Balaban J connectivity index is 3.23. The topological polar surface area (TPSA) is 65.4 Å². The molecule has 0 aromatic heterocycles. The van der Waals surface area contributed by atoms with Crippen LogP contribution in [0.15, 0.2) is 18.2 Å². The molecule has 1 rings (SSSR count). The molecule has 0 unspecified atom stereocenters. The number of nitrogens with zero attached hydrogens (tertiary/aromatic N) is 2. The third-order valence-electron chi connectivity index (χ3n) is 1.82. The largest absolute Gasteiger partial charge is 0.478 e. The Morgan fingerprint density at radius 1 is 1.62 bits per heavy atom. The van der Waals surface area contributed by atoms with Crippen LogP contribution in [0, 0.1) is 5.39 Å². The number of carbonyl (C=O) groups is 1. The summed E-state index contributed by atoms with van der Waals surface area (Å²) >= 11 is 0. The van der Waals surface area contributed by atoms with Gasteiger partial charge in [-0.1, -0.05) is 6.92 Å². The fourth-order valence-electron chi connectivity index (χ4n) is 1.10. The second kappa shape index (κ2) is 3.68. The van der Waals surface area contributed by atoms with Gasteiger partial charge in [0.2, 0.25) is 5.39 Å². The Hall–Kier alpha value is -1.89. The van der Waals surface area contributed by atoms with Crippen molar-refractivity contribution in [1.29, 1.82) is 5.39 Å². The van der Waals surface area contributed by atoms with Crippen molar-refractivity contribution in [2.24, 2.45) is 0 Å². The average molecular weight is 177 g/mol. The van der Waals surface area contributed by atoms with Crippen LogP contribution in [0.5, 0.6) is 0 Å². The summed E-state index contributed by atoms with van der Waals surface area (Å²) in [6, 6.07) is 4.41. The van der Waals surface area contributed by atoms with Gasteiger partial charge in [-0.05, 0) is 18.6 Å². The van der Waals surface area contributed by atoms with Gasteiger partial charge in [-0.15, -0.1) is 0 Å². The molecule has 0 saturated carbocycles. The summed E-state index contributed by atoms with van der Waals surface area (Å²) in [5.41, 5.74) is 1.36. The number of carboxylic acid groups (broad SMARTS) is 1. The fraction of sp³-hybridized carbons (Fsp3) is 0.222. The highest BCUT2D eigenvalue weighted by atomic mass is 16.4. The van der Waals surface area contributed by atoms with Gasteiger partial charge in [0.25, 0.3) is 0 Å². The third-order valence-corrected chi connectivity index (χ3v) is 1.82. The van der Waals surface area contributed by atoms with E-state index in [-0.39, 0.29) is 5.56 Å². The lowest BCUT2D eigenvalue weighted by Gasteiger charge is -1.94. The summed E-state index contributed by atoms with van der Waals surface area (Å²) < 4.78 is 0. The monoisotopic (exact) mass is 177 g/mol. The van der Waals surface area contributed by atoms with Crippen molar-refractivity contribution in [1.82, 2.24) is 0 Å². The lowest BCUT2D eigenvalue weighted by atomic mass is 10.1. The van der Waals surface area contributed by atoms with E-state index in [0.717, 1.165) is 5.56 Å². The number of aryl methyl sites for hydroxylation is 1. The highest BCUT2D eigenvalue weighted by molar-refractivity contribution is 5.88. The van der Waals surface area contributed by atoms with E-state index in [1.54, 1.807) is 0 Å². The zero-order valence-electron chi connectivity index (χ0n) is 7.19. The van der Waals surface area contributed by atoms with Gasteiger partial charge in [-0.2, -0.15) is 0 Å². The van der Waals surface area contributed by atoms with Crippen LogP contribution < -0.4 is 0 Å². The molecule has 0 aliphatic rings. The van der Waals surface area contributed by atoms with E-state index in [4.69, 9.17) is 10.5 Å². The number of benzene rings is 1. The molecule has 66 valence electrons. The van der Waals surface area contributed by atoms with Crippen molar-refractivity contribution in [2.45, 2.75) is 13.3 Å². The van der Waals surface area contributed by atoms with Crippen LogP contribution in [0.2, 0.25) is 0 Å². The number of carboxylic acids is 1. The molecule has 0 heterocycles. The smallest absolute Gasteiger partial charge is 0.388 e. The molecule has 0 aliphatic heterocycles. The molecule has 4 heteroatoms. The summed E-state index contributed by atoms with van der Waals surface area (Å²) in [4.78, 5) is 13.6. The SMILES string of the molecule is CCc1cc(C(=O)O)ccc1[N+]#N. The van der Waals surface area contributed by atoms with Gasteiger partial charge >= 0.3 is 11.7 Å². The number of rotatable bonds is 2.